The maximum atomic E-state index is 12.2. The summed E-state index contributed by atoms with van der Waals surface area (Å²) in [5, 5.41) is 0. The molecule has 5 heteroatoms. The molecule has 0 aliphatic carbocycles. The summed E-state index contributed by atoms with van der Waals surface area (Å²) in [5.74, 6) is 1.95. The molecule has 0 aromatic heterocycles. The van der Waals surface area contributed by atoms with Gasteiger partial charge in [0.25, 0.3) is 0 Å². The van der Waals surface area contributed by atoms with Crippen molar-refractivity contribution in [2.24, 2.45) is 5.41 Å². The third-order valence-electron chi connectivity index (χ3n) is 4.23. The normalized spacial score (nSPS) is 24.1. The highest BCUT2D eigenvalue weighted by atomic mass is 32.2. The van der Waals surface area contributed by atoms with Crippen LogP contribution in [0.5, 0.6) is 0 Å². The molecule has 2 fully saturated rings. The molecule has 0 N–H and O–H groups in total. The van der Waals surface area contributed by atoms with Crippen LogP contribution in [0.15, 0.2) is 0 Å². The van der Waals surface area contributed by atoms with Gasteiger partial charge in [0.1, 0.15) is 0 Å². The maximum absolute atomic E-state index is 12.2. The van der Waals surface area contributed by atoms with E-state index in [-0.39, 0.29) is 5.41 Å². The van der Waals surface area contributed by atoms with Crippen LogP contribution < -0.4 is 0 Å². The van der Waals surface area contributed by atoms with E-state index in [4.69, 9.17) is 0 Å². The minimum atomic E-state index is -0.597. The Morgan fingerprint density at radius 2 is 1.65 bits per heavy atom. The zero-order valence-corrected chi connectivity index (χ0v) is 13.9. The van der Waals surface area contributed by atoms with Crippen LogP contribution in [0.4, 0.5) is 0 Å². The van der Waals surface area contributed by atoms with Crippen molar-refractivity contribution in [3.05, 3.63) is 0 Å². The molecular formula is C15H28N2O2S. The second-order valence-corrected chi connectivity index (χ2v) is 8.93. The first-order chi connectivity index (χ1) is 9.35. The Morgan fingerprint density at radius 1 is 1.10 bits per heavy atom. The molecule has 20 heavy (non-hydrogen) atoms. The van der Waals surface area contributed by atoms with Crippen molar-refractivity contribution >= 4 is 16.7 Å². The molecule has 2 aliphatic rings. The molecule has 4 nitrogen and oxygen atoms in total. The molecule has 2 rings (SSSR count). The van der Waals surface area contributed by atoms with Crippen LogP contribution >= 0.6 is 0 Å². The Morgan fingerprint density at radius 3 is 2.15 bits per heavy atom. The highest BCUT2D eigenvalue weighted by molar-refractivity contribution is 7.85. The molecule has 0 radical (unpaired) electrons. The van der Waals surface area contributed by atoms with Crippen molar-refractivity contribution in [3.8, 4) is 0 Å². The van der Waals surface area contributed by atoms with E-state index < -0.39 is 10.8 Å². The summed E-state index contributed by atoms with van der Waals surface area (Å²) in [6.45, 7) is 10.1. The van der Waals surface area contributed by atoms with Crippen LogP contribution in [-0.4, -0.2) is 63.6 Å². The zero-order valence-electron chi connectivity index (χ0n) is 13.1. The van der Waals surface area contributed by atoms with Gasteiger partial charge in [-0.1, -0.05) is 20.8 Å². The van der Waals surface area contributed by atoms with Crippen molar-refractivity contribution in [2.75, 3.05) is 37.7 Å². The van der Waals surface area contributed by atoms with E-state index in [1.807, 2.05) is 4.90 Å². The summed E-state index contributed by atoms with van der Waals surface area (Å²) in [7, 11) is -0.597. The van der Waals surface area contributed by atoms with Crippen molar-refractivity contribution in [2.45, 2.75) is 46.1 Å². The summed E-state index contributed by atoms with van der Waals surface area (Å²) in [5.41, 5.74) is 0.0743. The summed E-state index contributed by atoms with van der Waals surface area (Å²) < 4.78 is 11.4. The minimum absolute atomic E-state index is 0.0743. The lowest BCUT2D eigenvalue weighted by Gasteiger charge is -2.40. The number of piperidine rings is 1. The van der Waals surface area contributed by atoms with Crippen molar-refractivity contribution in [1.29, 1.82) is 0 Å². The Bertz CT molecular complexity index is 361. The molecule has 0 spiro atoms. The summed E-state index contributed by atoms with van der Waals surface area (Å²) in [6.07, 6.45) is 2.78. The number of amides is 1. The van der Waals surface area contributed by atoms with Crippen LogP contribution in [0.2, 0.25) is 0 Å². The van der Waals surface area contributed by atoms with Gasteiger partial charge in [0, 0.05) is 60.9 Å². The predicted molar refractivity (Wildman–Crippen MR) is 83.1 cm³/mol. The molecule has 2 heterocycles. The molecule has 0 atom stereocenters. The van der Waals surface area contributed by atoms with Gasteiger partial charge in [-0.2, -0.15) is 0 Å². The van der Waals surface area contributed by atoms with Crippen LogP contribution in [-0.2, 0) is 15.6 Å². The lowest BCUT2D eigenvalue weighted by Crippen LogP contribution is -2.50. The number of carbonyl (C=O) groups excluding carboxylic acids is 1. The fraction of sp³-hybridized carbons (Fsp3) is 0.933. The van der Waals surface area contributed by atoms with Crippen LogP contribution in [0, 0.1) is 5.41 Å². The summed E-state index contributed by atoms with van der Waals surface area (Å²) >= 11 is 0. The smallest absolute Gasteiger partial charge is 0.223 e. The monoisotopic (exact) mass is 300 g/mol. The van der Waals surface area contributed by atoms with Gasteiger partial charge in [-0.15, -0.1) is 0 Å². The van der Waals surface area contributed by atoms with E-state index in [1.54, 1.807) is 0 Å². The molecule has 1 amide bonds. The van der Waals surface area contributed by atoms with Crippen molar-refractivity contribution in [3.63, 3.8) is 0 Å². The second-order valence-electron chi connectivity index (χ2n) is 7.23. The SMILES string of the molecule is CC(C)(C)CC(=O)N1CCC(N2CCS(=O)CC2)CC1. The first kappa shape index (κ1) is 16.0. The molecule has 0 unspecified atom stereocenters. The largest absolute Gasteiger partial charge is 0.343 e. The van der Waals surface area contributed by atoms with E-state index in [9.17, 15) is 9.00 Å². The Hall–Kier alpha value is -0.420. The van der Waals surface area contributed by atoms with Gasteiger partial charge in [-0.05, 0) is 18.3 Å². The molecule has 2 saturated heterocycles. The standard InChI is InChI=1S/C15H28N2O2S/c1-15(2,3)12-14(18)17-6-4-13(5-7-17)16-8-10-20(19)11-9-16/h13H,4-12H2,1-3H3. The lowest BCUT2D eigenvalue weighted by atomic mass is 9.91. The number of likely N-dealkylation sites (tertiary alicyclic amines) is 1. The van der Waals surface area contributed by atoms with Crippen LogP contribution in [0.1, 0.15) is 40.0 Å². The fourth-order valence-electron chi connectivity index (χ4n) is 3.06. The van der Waals surface area contributed by atoms with Gasteiger partial charge in [0.05, 0.1) is 0 Å². The van der Waals surface area contributed by atoms with E-state index in [0.717, 1.165) is 50.5 Å². The molecule has 0 aromatic rings. The maximum Gasteiger partial charge on any atom is 0.223 e. The molecule has 0 saturated carbocycles. The van der Waals surface area contributed by atoms with Gasteiger partial charge in [-0.25, -0.2) is 0 Å². The lowest BCUT2D eigenvalue weighted by molar-refractivity contribution is -0.134. The molecule has 0 aromatic carbocycles. The predicted octanol–water partition coefficient (Wildman–Crippen LogP) is 1.48. The molecule has 116 valence electrons. The number of hydrogen-bond acceptors (Lipinski definition) is 3. The molecular weight excluding hydrogens is 272 g/mol. The average Bonchev–Trinajstić information content (AvgIpc) is 2.38. The molecule has 2 aliphatic heterocycles. The van der Waals surface area contributed by atoms with Gasteiger partial charge in [-0.3, -0.25) is 13.9 Å². The van der Waals surface area contributed by atoms with E-state index >= 15 is 0 Å². The number of nitrogens with zero attached hydrogens (tertiary/aromatic N) is 2. The Balaban J connectivity index is 1.77. The first-order valence-corrected chi connectivity index (χ1v) is 9.21. The quantitative estimate of drug-likeness (QED) is 0.775. The topological polar surface area (TPSA) is 40.6 Å². The van der Waals surface area contributed by atoms with Gasteiger partial charge >= 0.3 is 0 Å². The fourth-order valence-corrected chi connectivity index (χ4v) is 4.14. The van der Waals surface area contributed by atoms with Gasteiger partial charge in [0.2, 0.25) is 5.91 Å². The van der Waals surface area contributed by atoms with Crippen LogP contribution in [0.25, 0.3) is 0 Å². The van der Waals surface area contributed by atoms with Gasteiger partial charge < -0.3 is 4.90 Å². The van der Waals surface area contributed by atoms with Crippen molar-refractivity contribution < 1.29 is 9.00 Å². The zero-order chi connectivity index (χ0) is 14.8. The summed E-state index contributed by atoms with van der Waals surface area (Å²) in [6, 6.07) is 0.589. The van der Waals surface area contributed by atoms with Crippen LogP contribution in [0.3, 0.4) is 0 Å². The van der Waals surface area contributed by atoms with Gasteiger partial charge in [0.15, 0.2) is 0 Å². The second kappa shape index (κ2) is 6.56. The first-order valence-electron chi connectivity index (χ1n) is 7.72. The third-order valence-corrected chi connectivity index (χ3v) is 5.50. The number of carbonyl (C=O) groups is 1. The third kappa shape index (κ3) is 4.55. The van der Waals surface area contributed by atoms with E-state index in [0.29, 0.717) is 18.4 Å². The minimum Gasteiger partial charge on any atom is -0.343 e. The van der Waals surface area contributed by atoms with E-state index in [1.165, 1.54) is 0 Å². The molecule has 0 bridgehead atoms. The van der Waals surface area contributed by atoms with Crippen molar-refractivity contribution in [1.82, 2.24) is 9.80 Å². The average molecular weight is 300 g/mol. The highest BCUT2D eigenvalue weighted by Gasteiger charge is 2.29. The number of rotatable bonds is 2. The van der Waals surface area contributed by atoms with E-state index in [2.05, 4.69) is 25.7 Å². The number of hydrogen-bond donors (Lipinski definition) is 0. The Kier molecular flexibility index (Phi) is 5.24. The Labute approximate surface area is 125 Å². The summed E-state index contributed by atoms with van der Waals surface area (Å²) in [4.78, 5) is 16.7. The highest BCUT2D eigenvalue weighted by Crippen LogP contribution is 2.23.